The summed E-state index contributed by atoms with van der Waals surface area (Å²) in [6, 6.07) is 23.0. The van der Waals surface area contributed by atoms with Crippen LogP contribution in [0.1, 0.15) is 38.3 Å². The molecule has 0 bridgehead atoms. The van der Waals surface area contributed by atoms with E-state index in [-0.39, 0.29) is 6.04 Å². The quantitative estimate of drug-likeness (QED) is 0.281. The zero-order chi connectivity index (χ0) is 24.2. The number of H-pyrrole nitrogens is 1. The fourth-order valence-corrected chi connectivity index (χ4v) is 4.25. The predicted molar refractivity (Wildman–Crippen MR) is 136 cm³/mol. The van der Waals surface area contributed by atoms with Gasteiger partial charge in [-0.2, -0.15) is 10.2 Å². The normalized spacial score (nSPS) is 12.1. The number of nitrogens with one attached hydrogen (secondary N) is 1. The summed E-state index contributed by atoms with van der Waals surface area (Å²) in [6.45, 7) is 5.25. The van der Waals surface area contributed by atoms with Crippen molar-refractivity contribution in [1.29, 1.82) is 0 Å². The van der Waals surface area contributed by atoms with Crippen molar-refractivity contribution in [2.24, 2.45) is 0 Å². The molecular weight excluding hydrogens is 440 g/mol. The van der Waals surface area contributed by atoms with E-state index >= 15 is 0 Å². The van der Waals surface area contributed by atoms with Crippen LogP contribution < -0.4 is 9.64 Å². The number of anilines is 1. The van der Waals surface area contributed by atoms with Gasteiger partial charge in [-0.1, -0.05) is 49.7 Å². The number of aromatic amines is 1. The van der Waals surface area contributed by atoms with Gasteiger partial charge >= 0.3 is 0 Å². The molecule has 2 aromatic heterocycles. The van der Waals surface area contributed by atoms with Gasteiger partial charge in [0.05, 0.1) is 13.2 Å². The van der Waals surface area contributed by atoms with Crippen molar-refractivity contribution in [3.63, 3.8) is 0 Å². The van der Waals surface area contributed by atoms with Gasteiger partial charge in [0, 0.05) is 12.1 Å². The van der Waals surface area contributed by atoms with E-state index in [9.17, 15) is 0 Å². The number of tetrazole rings is 1. The molecular formula is C27H28N6O2. The van der Waals surface area contributed by atoms with Gasteiger partial charge in [-0.25, -0.2) is 0 Å². The first-order valence-electron chi connectivity index (χ1n) is 11.8. The summed E-state index contributed by atoms with van der Waals surface area (Å²) < 4.78 is 11.6. The Morgan fingerprint density at radius 3 is 2.57 bits per heavy atom. The summed E-state index contributed by atoms with van der Waals surface area (Å²) in [5, 5.41) is 14.6. The zero-order valence-corrected chi connectivity index (χ0v) is 20.1. The van der Waals surface area contributed by atoms with Gasteiger partial charge in [0.15, 0.2) is 5.58 Å². The molecule has 0 aliphatic heterocycles. The number of methoxy groups -OCH3 is 1. The predicted octanol–water partition coefficient (Wildman–Crippen LogP) is 6.05. The molecule has 8 nitrogen and oxygen atoms in total. The van der Waals surface area contributed by atoms with Crippen LogP contribution in [0.15, 0.2) is 71.1 Å². The first-order valence-corrected chi connectivity index (χ1v) is 11.8. The average molecular weight is 469 g/mol. The van der Waals surface area contributed by atoms with Crippen molar-refractivity contribution in [3.05, 3.63) is 72.3 Å². The maximum absolute atomic E-state index is 6.12. The lowest BCUT2D eigenvalue weighted by Crippen LogP contribution is -2.28. The van der Waals surface area contributed by atoms with Crippen LogP contribution in [0.25, 0.3) is 33.6 Å². The SMILES string of the molecule is CCCCN(c1nc2ccccc2o1)[C@H](C)c1ccc(-c2cc(OC)ccc2-c2nn[nH]n2)cc1. The van der Waals surface area contributed by atoms with E-state index in [1.807, 2.05) is 42.5 Å². The van der Waals surface area contributed by atoms with Gasteiger partial charge in [0.2, 0.25) is 5.82 Å². The minimum Gasteiger partial charge on any atom is -0.497 e. The molecule has 0 aliphatic carbocycles. The summed E-state index contributed by atoms with van der Waals surface area (Å²) in [5.41, 5.74) is 5.76. The van der Waals surface area contributed by atoms with Crippen molar-refractivity contribution < 1.29 is 9.15 Å². The monoisotopic (exact) mass is 468 g/mol. The van der Waals surface area contributed by atoms with Crippen molar-refractivity contribution in [3.8, 4) is 28.3 Å². The third kappa shape index (κ3) is 4.59. The highest BCUT2D eigenvalue weighted by atomic mass is 16.5. The molecule has 178 valence electrons. The lowest BCUT2D eigenvalue weighted by molar-refractivity contribution is 0.415. The Kier molecular flexibility index (Phi) is 6.43. The molecule has 0 spiro atoms. The highest BCUT2D eigenvalue weighted by molar-refractivity contribution is 5.81. The molecule has 1 atom stereocenters. The maximum atomic E-state index is 6.12. The van der Waals surface area contributed by atoms with E-state index in [1.165, 1.54) is 5.56 Å². The number of ether oxygens (including phenoxy) is 1. The number of unbranched alkanes of at least 4 members (excludes halogenated alkanes) is 1. The summed E-state index contributed by atoms with van der Waals surface area (Å²) in [6.07, 6.45) is 2.15. The van der Waals surface area contributed by atoms with Crippen LogP contribution in [0.2, 0.25) is 0 Å². The molecule has 1 N–H and O–H groups in total. The fraction of sp³-hybridized carbons (Fsp3) is 0.259. The topological polar surface area (TPSA) is 93.0 Å². The lowest BCUT2D eigenvalue weighted by Gasteiger charge is -2.28. The molecule has 3 aromatic carbocycles. The van der Waals surface area contributed by atoms with Crippen LogP contribution in [-0.4, -0.2) is 39.3 Å². The summed E-state index contributed by atoms with van der Waals surface area (Å²) >= 11 is 0. The number of fused-ring (bicyclic) bond motifs is 1. The lowest BCUT2D eigenvalue weighted by atomic mass is 9.96. The zero-order valence-electron chi connectivity index (χ0n) is 20.1. The van der Waals surface area contributed by atoms with Crippen LogP contribution in [0.3, 0.4) is 0 Å². The second-order valence-corrected chi connectivity index (χ2v) is 8.46. The number of hydrogen-bond donors (Lipinski definition) is 1. The number of hydrogen-bond acceptors (Lipinski definition) is 7. The van der Waals surface area contributed by atoms with Crippen LogP contribution in [0, 0.1) is 0 Å². The van der Waals surface area contributed by atoms with Gasteiger partial charge in [-0.15, -0.1) is 10.2 Å². The number of oxazole rings is 1. The number of nitrogens with zero attached hydrogens (tertiary/aromatic N) is 5. The number of para-hydroxylation sites is 2. The fourth-order valence-electron chi connectivity index (χ4n) is 4.25. The molecule has 0 saturated carbocycles. The van der Waals surface area contributed by atoms with E-state index in [2.05, 4.69) is 63.6 Å². The molecule has 5 aromatic rings. The summed E-state index contributed by atoms with van der Waals surface area (Å²) in [7, 11) is 1.66. The Morgan fingerprint density at radius 1 is 1.03 bits per heavy atom. The molecule has 0 unspecified atom stereocenters. The van der Waals surface area contributed by atoms with E-state index in [1.54, 1.807) is 7.11 Å². The van der Waals surface area contributed by atoms with E-state index < -0.39 is 0 Å². The van der Waals surface area contributed by atoms with Crippen LogP contribution in [-0.2, 0) is 0 Å². The van der Waals surface area contributed by atoms with Crippen molar-refractivity contribution in [2.45, 2.75) is 32.7 Å². The third-order valence-electron chi connectivity index (χ3n) is 6.27. The van der Waals surface area contributed by atoms with Gasteiger partial charge in [-0.3, -0.25) is 0 Å². The number of benzene rings is 3. The number of aromatic nitrogens is 5. The standard InChI is InChI=1S/C27H28N6O2/c1-4-5-16-33(27-28-24-8-6-7-9-25(24)35-27)18(2)19-10-12-20(13-11-19)23-17-21(34-3)14-15-22(23)26-29-31-32-30-26/h6-15,17-18H,4-5,16H2,1-3H3,(H,29,30,31,32)/t18-/m1/s1. The molecule has 8 heteroatoms. The second-order valence-electron chi connectivity index (χ2n) is 8.46. The molecule has 0 amide bonds. The van der Waals surface area contributed by atoms with Crippen molar-refractivity contribution in [1.82, 2.24) is 25.6 Å². The smallest absolute Gasteiger partial charge is 0.298 e. The van der Waals surface area contributed by atoms with Gasteiger partial charge in [0.25, 0.3) is 6.01 Å². The second kappa shape index (κ2) is 9.97. The Morgan fingerprint density at radius 2 is 1.86 bits per heavy atom. The first-order chi connectivity index (χ1) is 17.2. The van der Waals surface area contributed by atoms with Gasteiger partial charge in [-0.05, 0) is 65.6 Å². The minimum atomic E-state index is 0.0886. The summed E-state index contributed by atoms with van der Waals surface area (Å²) in [5.74, 6) is 1.31. The number of rotatable bonds is 9. The molecule has 0 saturated heterocycles. The first kappa shape index (κ1) is 22.6. The molecule has 0 radical (unpaired) electrons. The van der Waals surface area contributed by atoms with E-state index in [0.29, 0.717) is 11.8 Å². The van der Waals surface area contributed by atoms with Gasteiger partial charge in [0.1, 0.15) is 11.3 Å². The molecule has 0 aliphatic rings. The average Bonchev–Trinajstić information content (AvgIpc) is 3.59. The Bertz CT molecular complexity index is 1360. The van der Waals surface area contributed by atoms with Crippen LogP contribution in [0.5, 0.6) is 5.75 Å². The molecule has 2 heterocycles. The molecule has 0 fully saturated rings. The van der Waals surface area contributed by atoms with E-state index in [4.69, 9.17) is 14.1 Å². The highest BCUT2D eigenvalue weighted by Gasteiger charge is 2.21. The van der Waals surface area contributed by atoms with Gasteiger partial charge < -0.3 is 14.1 Å². The largest absolute Gasteiger partial charge is 0.497 e. The summed E-state index contributed by atoms with van der Waals surface area (Å²) in [4.78, 5) is 7.00. The third-order valence-corrected chi connectivity index (χ3v) is 6.27. The highest BCUT2D eigenvalue weighted by Crippen LogP contribution is 2.35. The van der Waals surface area contributed by atoms with Crippen LogP contribution in [0.4, 0.5) is 6.01 Å². The van der Waals surface area contributed by atoms with Crippen molar-refractivity contribution in [2.75, 3.05) is 18.6 Å². The Labute approximate surface area is 203 Å². The van der Waals surface area contributed by atoms with E-state index in [0.717, 1.165) is 52.9 Å². The Hall–Kier alpha value is -4.20. The maximum Gasteiger partial charge on any atom is 0.298 e. The molecule has 35 heavy (non-hydrogen) atoms. The van der Waals surface area contributed by atoms with Crippen LogP contribution >= 0.6 is 0 Å². The minimum absolute atomic E-state index is 0.0886. The Balaban J connectivity index is 1.47. The van der Waals surface area contributed by atoms with Crippen molar-refractivity contribution >= 4 is 17.1 Å². The molecule has 5 rings (SSSR count).